The van der Waals surface area contributed by atoms with Gasteiger partial charge in [0.15, 0.2) is 0 Å². The summed E-state index contributed by atoms with van der Waals surface area (Å²) < 4.78 is 5.76. The molecule has 2 rings (SSSR count). The molecule has 3 N–H and O–H groups in total. The highest BCUT2D eigenvalue weighted by Crippen LogP contribution is 2.16. The van der Waals surface area contributed by atoms with Crippen molar-refractivity contribution < 1.29 is 19.6 Å². The van der Waals surface area contributed by atoms with Crippen LogP contribution in [-0.2, 0) is 11.2 Å². The van der Waals surface area contributed by atoms with Gasteiger partial charge in [-0.3, -0.25) is 4.79 Å². The van der Waals surface area contributed by atoms with Crippen LogP contribution in [0.1, 0.15) is 17.5 Å². The highest BCUT2D eigenvalue weighted by molar-refractivity contribution is 6.43. The maximum absolute atomic E-state index is 12.0. The molecule has 0 aliphatic carbocycles. The van der Waals surface area contributed by atoms with E-state index < -0.39 is 13.1 Å². The smallest absolute Gasteiger partial charge is 0.469 e. The summed E-state index contributed by atoms with van der Waals surface area (Å²) in [5, 5.41) is 31.6. The normalized spacial score (nSPS) is 12.0. The fourth-order valence-corrected chi connectivity index (χ4v) is 2.94. The van der Waals surface area contributed by atoms with Gasteiger partial charge in [-0.2, -0.15) is 5.26 Å². The molecule has 2 aromatic carbocycles. The number of carbonyl (C=O) groups excluding carboxylic acids is 1. The molecule has 1 atom stereocenters. The van der Waals surface area contributed by atoms with Gasteiger partial charge in [0, 0.05) is 20.0 Å². The predicted octanol–water partition coefficient (Wildman–Crippen LogP) is 1.66. The van der Waals surface area contributed by atoms with Gasteiger partial charge in [-0.25, -0.2) is 0 Å². The van der Waals surface area contributed by atoms with Crippen molar-refractivity contribution in [2.75, 3.05) is 27.2 Å². The zero-order valence-corrected chi connectivity index (χ0v) is 17.9. The minimum Gasteiger partial charge on any atom is -0.494 e. The van der Waals surface area contributed by atoms with Crippen LogP contribution in [0.2, 0.25) is 0 Å². The van der Waals surface area contributed by atoms with E-state index in [-0.39, 0.29) is 11.5 Å². The lowest BCUT2D eigenvalue weighted by Gasteiger charge is -2.18. The fourth-order valence-electron chi connectivity index (χ4n) is 2.94. The van der Waals surface area contributed by atoms with Crippen LogP contribution in [0.15, 0.2) is 60.2 Å². The first-order chi connectivity index (χ1) is 14.9. The second-order valence-corrected chi connectivity index (χ2v) is 7.31. The molecule has 0 aliphatic heterocycles. The highest BCUT2D eigenvalue weighted by Gasteiger charge is 2.22. The minimum atomic E-state index is -1.45. The molecule has 0 saturated carbocycles. The zero-order chi connectivity index (χ0) is 22.6. The molecule has 0 unspecified atom stereocenters. The molecular weight excluding hydrogens is 393 g/mol. The Morgan fingerprint density at radius 2 is 1.97 bits per heavy atom. The Morgan fingerprint density at radius 1 is 1.23 bits per heavy atom. The number of rotatable bonds is 11. The summed E-state index contributed by atoms with van der Waals surface area (Å²) in [6, 6.07) is 18.8. The average molecular weight is 421 g/mol. The van der Waals surface area contributed by atoms with Crippen LogP contribution in [0.4, 0.5) is 0 Å². The SMILES string of the molecule is CN(C)C(=O)C(C#N)=Cc1cccc(OCCCN[C@@H](Cc2ccccc2)B(O)O)c1. The van der Waals surface area contributed by atoms with Crippen LogP contribution in [-0.4, -0.2) is 61.2 Å². The lowest BCUT2D eigenvalue weighted by Crippen LogP contribution is -2.45. The van der Waals surface area contributed by atoms with Crippen molar-refractivity contribution in [2.45, 2.75) is 18.8 Å². The number of hydrogen-bond acceptors (Lipinski definition) is 6. The quantitative estimate of drug-likeness (QED) is 0.221. The third kappa shape index (κ3) is 8.26. The molecule has 2 aromatic rings. The molecule has 7 nitrogen and oxygen atoms in total. The molecule has 0 heterocycles. The lowest BCUT2D eigenvalue weighted by atomic mass is 9.76. The van der Waals surface area contributed by atoms with Gasteiger partial charge in [-0.15, -0.1) is 0 Å². The Labute approximate surface area is 183 Å². The Kier molecular flexibility index (Phi) is 9.78. The Hall–Kier alpha value is -3.12. The molecule has 0 saturated heterocycles. The monoisotopic (exact) mass is 421 g/mol. The minimum absolute atomic E-state index is 0.0540. The van der Waals surface area contributed by atoms with E-state index in [1.807, 2.05) is 36.4 Å². The first kappa shape index (κ1) is 24.2. The summed E-state index contributed by atoms with van der Waals surface area (Å²) in [6.07, 6.45) is 2.72. The van der Waals surface area contributed by atoms with Gasteiger partial charge in [0.25, 0.3) is 5.91 Å². The van der Waals surface area contributed by atoms with Gasteiger partial charge >= 0.3 is 7.12 Å². The largest absolute Gasteiger partial charge is 0.494 e. The third-order valence-corrected chi connectivity index (χ3v) is 4.58. The predicted molar refractivity (Wildman–Crippen MR) is 121 cm³/mol. The number of hydrogen-bond donors (Lipinski definition) is 3. The summed E-state index contributed by atoms with van der Waals surface area (Å²) in [5.41, 5.74) is 1.78. The van der Waals surface area contributed by atoms with E-state index in [2.05, 4.69) is 5.32 Å². The van der Waals surface area contributed by atoms with E-state index in [1.54, 1.807) is 38.4 Å². The molecule has 0 spiro atoms. The summed E-state index contributed by atoms with van der Waals surface area (Å²) in [5.74, 6) is -0.183. The third-order valence-electron chi connectivity index (χ3n) is 4.58. The molecule has 8 heteroatoms. The molecule has 0 fully saturated rings. The second kappa shape index (κ2) is 12.6. The van der Waals surface area contributed by atoms with Crippen molar-refractivity contribution in [2.24, 2.45) is 0 Å². The van der Waals surface area contributed by atoms with E-state index in [0.717, 1.165) is 5.56 Å². The number of likely N-dealkylation sites (N-methyl/N-ethyl adjacent to an activating group) is 1. The van der Waals surface area contributed by atoms with Gasteiger partial charge in [0.2, 0.25) is 0 Å². The van der Waals surface area contributed by atoms with Gasteiger partial charge in [-0.05, 0) is 48.7 Å². The molecule has 0 bridgehead atoms. The Balaban J connectivity index is 1.84. The number of carbonyl (C=O) groups is 1. The second-order valence-electron chi connectivity index (χ2n) is 7.31. The number of ether oxygens (including phenoxy) is 1. The number of nitrogens with one attached hydrogen (secondary N) is 1. The first-order valence-corrected chi connectivity index (χ1v) is 10.1. The van der Waals surface area contributed by atoms with E-state index in [4.69, 9.17) is 4.74 Å². The topological polar surface area (TPSA) is 106 Å². The van der Waals surface area contributed by atoms with Crippen molar-refractivity contribution in [3.8, 4) is 11.8 Å². The van der Waals surface area contributed by atoms with Crippen molar-refractivity contribution in [3.63, 3.8) is 0 Å². The van der Waals surface area contributed by atoms with E-state index >= 15 is 0 Å². The van der Waals surface area contributed by atoms with E-state index in [1.165, 1.54) is 11.0 Å². The number of benzene rings is 2. The Bertz CT molecular complexity index is 911. The van der Waals surface area contributed by atoms with Crippen LogP contribution in [0, 0.1) is 11.3 Å². The van der Waals surface area contributed by atoms with Crippen molar-refractivity contribution >= 4 is 19.1 Å². The number of nitriles is 1. The first-order valence-electron chi connectivity index (χ1n) is 10.1. The maximum Gasteiger partial charge on any atom is 0.469 e. The zero-order valence-electron chi connectivity index (χ0n) is 17.9. The molecular formula is C23H28BN3O4. The summed E-state index contributed by atoms with van der Waals surface area (Å²) >= 11 is 0. The fraction of sp³-hybridized carbons (Fsp3) is 0.304. The van der Waals surface area contributed by atoms with Gasteiger partial charge in [0.1, 0.15) is 17.4 Å². The molecule has 1 amide bonds. The standard InChI is InChI=1S/C23H28BN3O4/c1-27(2)23(28)20(17-25)14-19-10-6-11-21(15-19)31-13-7-12-26-22(24(29)30)16-18-8-4-3-5-9-18/h3-6,8-11,14-15,22,26,29-30H,7,12-13,16H2,1-2H3/t22-/m0/s1. The van der Waals surface area contributed by atoms with E-state index in [9.17, 15) is 20.1 Å². The molecule has 0 aliphatic rings. The van der Waals surface area contributed by atoms with Crippen LogP contribution in [0.25, 0.3) is 6.08 Å². The number of amides is 1. The maximum atomic E-state index is 12.0. The molecule has 0 aromatic heterocycles. The summed E-state index contributed by atoms with van der Waals surface area (Å²) in [7, 11) is 1.74. The van der Waals surface area contributed by atoms with E-state index in [0.29, 0.717) is 37.3 Å². The van der Waals surface area contributed by atoms with Crippen LogP contribution < -0.4 is 10.1 Å². The van der Waals surface area contributed by atoms with Crippen LogP contribution in [0.3, 0.4) is 0 Å². The molecule has 0 radical (unpaired) electrons. The summed E-state index contributed by atoms with van der Waals surface area (Å²) in [4.78, 5) is 13.3. The lowest BCUT2D eigenvalue weighted by molar-refractivity contribution is -0.124. The molecule has 162 valence electrons. The van der Waals surface area contributed by atoms with Crippen LogP contribution in [0.5, 0.6) is 5.75 Å². The van der Waals surface area contributed by atoms with Crippen molar-refractivity contribution in [3.05, 3.63) is 71.3 Å². The molecule has 31 heavy (non-hydrogen) atoms. The average Bonchev–Trinajstić information content (AvgIpc) is 2.76. The number of nitrogens with zero attached hydrogens (tertiary/aromatic N) is 2. The van der Waals surface area contributed by atoms with Crippen molar-refractivity contribution in [1.29, 1.82) is 5.26 Å². The van der Waals surface area contributed by atoms with Crippen LogP contribution >= 0.6 is 0 Å². The summed E-state index contributed by atoms with van der Waals surface area (Å²) in [6.45, 7) is 0.992. The van der Waals surface area contributed by atoms with Gasteiger partial charge in [-0.1, -0.05) is 42.5 Å². The van der Waals surface area contributed by atoms with Crippen molar-refractivity contribution in [1.82, 2.24) is 10.2 Å². The van der Waals surface area contributed by atoms with Gasteiger partial charge in [0.05, 0.1) is 6.61 Å². The van der Waals surface area contributed by atoms with Gasteiger partial charge < -0.3 is 25.0 Å². The Morgan fingerprint density at radius 3 is 2.61 bits per heavy atom. The highest BCUT2D eigenvalue weighted by atomic mass is 16.5.